The van der Waals surface area contributed by atoms with Crippen LogP contribution in [-0.4, -0.2) is 247 Å². The number of aliphatic hydroxyl groups is 3. The highest BCUT2D eigenvalue weighted by atomic mass is 16.5. The van der Waals surface area contributed by atoms with Crippen molar-refractivity contribution >= 4 is 23.4 Å². The van der Waals surface area contributed by atoms with Crippen molar-refractivity contribution in [2.24, 2.45) is 7.05 Å². The first-order valence-corrected chi connectivity index (χ1v) is 36.9. The second kappa shape index (κ2) is 36.5. The fraction of sp³-hybridized carbons (Fsp3) is 0.519. The number of aliphatic hydroxyl groups excluding tert-OH is 3. The van der Waals surface area contributed by atoms with E-state index in [0.717, 1.165) is 78.2 Å². The minimum atomic E-state index is -0.769. The van der Waals surface area contributed by atoms with E-state index in [4.69, 9.17) is 73.1 Å². The summed E-state index contributed by atoms with van der Waals surface area (Å²) in [6.45, 7) is 11.1. The molecule has 7 N–H and O–H groups in total. The van der Waals surface area contributed by atoms with Crippen molar-refractivity contribution in [1.29, 1.82) is 0 Å². The normalized spacial score (nSPS) is 16.6. The van der Waals surface area contributed by atoms with Crippen LogP contribution in [0, 0.1) is 13.8 Å². The zero-order valence-electron chi connectivity index (χ0n) is 61.8. The summed E-state index contributed by atoms with van der Waals surface area (Å²) in [7, 11) is 11.5. The zero-order chi connectivity index (χ0) is 73.3. The van der Waals surface area contributed by atoms with E-state index in [1.807, 2.05) is 102 Å². The van der Waals surface area contributed by atoms with Crippen molar-refractivity contribution in [3.63, 3.8) is 0 Å². The standard InChI is InChI=1S/C77H103N17O11/c1-49-73(66-39-71(92(8)56-22-31-101-32-23-56)86-74(84-66)51-11-9-13-61(35-51)103-46-58(95)41-78-3)50(2)94(89-49)44-53-15-16-63(105-48-60(97)43-80-5)37-64(53)76-83-65(38-70(87-76)91(7)55-20-29-100-30-21-55)68-45-90(6)69(82-68)17-26-93(57-24-33-102-34-25-57)72-40-67(77(98)81-54-18-27-99-28-19-54)85-75(88-72)52-12-10-14-62(36-52)104-47-59(96)42-79-4/h9-16,35-40,45,54-60,78-80,95-97H,17-34,41-44,46-48H2,1-8H3,(H,81,98). The number of ether oxygens (including phenoxy) is 7. The van der Waals surface area contributed by atoms with Gasteiger partial charge in [-0.2, -0.15) is 5.10 Å². The maximum atomic E-state index is 14.4. The lowest BCUT2D eigenvalue weighted by molar-refractivity contribution is 0.0693. The maximum Gasteiger partial charge on any atom is 0.270 e. The van der Waals surface area contributed by atoms with Gasteiger partial charge in [0.2, 0.25) is 0 Å². The number of hydrogen-bond acceptors (Lipinski definition) is 25. The minimum Gasteiger partial charge on any atom is -0.491 e. The monoisotopic (exact) mass is 1440 g/mol. The second-order valence-electron chi connectivity index (χ2n) is 27.7. The van der Waals surface area contributed by atoms with E-state index in [9.17, 15) is 20.1 Å². The number of benzene rings is 3. The number of likely N-dealkylation sites (N-methyl/N-ethyl adjacent to an activating group) is 3. The fourth-order valence-electron chi connectivity index (χ4n) is 14.0. The molecule has 3 unspecified atom stereocenters. The number of amides is 1. The fourth-order valence-corrected chi connectivity index (χ4v) is 14.0. The predicted molar refractivity (Wildman–Crippen MR) is 401 cm³/mol. The molecule has 4 saturated heterocycles. The molecule has 4 aliphatic rings. The van der Waals surface area contributed by atoms with E-state index < -0.39 is 18.3 Å². The Kier molecular flexibility index (Phi) is 26.3. The molecule has 4 aliphatic heterocycles. The van der Waals surface area contributed by atoms with Crippen LogP contribution in [0.2, 0.25) is 0 Å². The van der Waals surface area contributed by atoms with Crippen molar-refractivity contribution in [2.75, 3.05) is 149 Å². The number of hydrogen-bond donors (Lipinski definition) is 7. The van der Waals surface area contributed by atoms with Crippen LogP contribution in [0.4, 0.5) is 17.5 Å². The highest BCUT2D eigenvalue weighted by Crippen LogP contribution is 2.37. The van der Waals surface area contributed by atoms with Crippen LogP contribution in [0.15, 0.2) is 91.1 Å². The summed E-state index contributed by atoms with van der Waals surface area (Å²) >= 11 is 0. The lowest BCUT2D eigenvalue weighted by atomic mass is 10.0. The number of carbonyl (C=O) groups excluding carboxylic acids is 1. The Bertz CT molecular complexity index is 4150. The maximum absolute atomic E-state index is 14.4. The Hall–Kier alpha value is -8.81. The average Bonchev–Trinajstić information content (AvgIpc) is 1.73. The van der Waals surface area contributed by atoms with E-state index in [1.165, 1.54) is 0 Å². The average molecular weight is 1440 g/mol. The molecule has 3 aromatic carbocycles. The molecule has 0 spiro atoms. The van der Waals surface area contributed by atoms with Gasteiger partial charge in [-0.25, -0.2) is 34.9 Å². The van der Waals surface area contributed by atoms with E-state index in [0.29, 0.717) is 179 Å². The van der Waals surface area contributed by atoms with E-state index in [-0.39, 0.29) is 55.6 Å². The lowest BCUT2D eigenvalue weighted by Gasteiger charge is -2.35. The molecule has 0 aliphatic carbocycles. The first-order valence-electron chi connectivity index (χ1n) is 36.9. The summed E-state index contributed by atoms with van der Waals surface area (Å²) < 4.78 is 45.8. The molecular formula is C77H103N17O11. The van der Waals surface area contributed by atoms with Crippen LogP contribution >= 0.6 is 0 Å². The molecule has 562 valence electrons. The topological polar surface area (TPSA) is 313 Å². The van der Waals surface area contributed by atoms with Gasteiger partial charge in [0.05, 0.1) is 23.6 Å². The minimum absolute atomic E-state index is 0.0118. The molecule has 1 amide bonds. The number of anilines is 3. The number of nitrogens with one attached hydrogen (secondary N) is 4. The van der Waals surface area contributed by atoms with Crippen molar-refractivity contribution < 1.29 is 53.3 Å². The van der Waals surface area contributed by atoms with Gasteiger partial charge in [0, 0.05) is 183 Å². The van der Waals surface area contributed by atoms with Crippen molar-refractivity contribution in [2.45, 2.75) is 121 Å². The number of aromatic nitrogens is 10. The highest BCUT2D eigenvalue weighted by molar-refractivity contribution is 5.94. The Morgan fingerprint density at radius 2 is 1.06 bits per heavy atom. The molecule has 0 radical (unpaired) electrons. The Balaban J connectivity index is 0.901. The summed E-state index contributed by atoms with van der Waals surface area (Å²) in [5, 5.41) is 49.5. The number of aryl methyl sites for hydroxylation is 2. The third-order valence-corrected chi connectivity index (χ3v) is 20.0. The number of carbonyl (C=O) groups is 1. The second-order valence-corrected chi connectivity index (χ2v) is 27.7. The van der Waals surface area contributed by atoms with E-state index in [1.54, 1.807) is 27.2 Å². The summed E-state index contributed by atoms with van der Waals surface area (Å²) in [6.07, 6.45) is 6.56. The van der Waals surface area contributed by atoms with Crippen molar-refractivity contribution in [3.8, 4) is 74.1 Å². The van der Waals surface area contributed by atoms with E-state index in [2.05, 4.69) is 63.1 Å². The third kappa shape index (κ3) is 19.6. The summed E-state index contributed by atoms with van der Waals surface area (Å²) in [5.41, 5.74) is 7.72. The third-order valence-electron chi connectivity index (χ3n) is 20.0. The van der Waals surface area contributed by atoms with E-state index >= 15 is 0 Å². The van der Waals surface area contributed by atoms with Gasteiger partial charge in [-0.05, 0) is 128 Å². The molecule has 12 rings (SSSR count). The molecule has 5 aromatic heterocycles. The van der Waals surface area contributed by atoms with Gasteiger partial charge in [0.15, 0.2) is 17.5 Å². The smallest absolute Gasteiger partial charge is 0.270 e. The van der Waals surface area contributed by atoms with Gasteiger partial charge in [-0.15, -0.1) is 0 Å². The molecule has 4 fully saturated rings. The van der Waals surface area contributed by atoms with Gasteiger partial charge >= 0.3 is 0 Å². The van der Waals surface area contributed by atoms with Crippen LogP contribution in [-0.2, 0) is 39.0 Å². The molecule has 9 heterocycles. The zero-order valence-corrected chi connectivity index (χ0v) is 61.8. The largest absolute Gasteiger partial charge is 0.491 e. The first-order chi connectivity index (χ1) is 51.1. The molecule has 0 saturated carbocycles. The van der Waals surface area contributed by atoms with Crippen LogP contribution in [0.3, 0.4) is 0 Å². The van der Waals surface area contributed by atoms with Crippen molar-refractivity contribution in [1.82, 2.24) is 70.5 Å². The predicted octanol–water partition coefficient (Wildman–Crippen LogP) is 6.23. The van der Waals surface area contributed by atoms with Crippen molar-refractivity contribution in [3.05, 3.63) is 120 Å². The van der Waals surface area contributed by atoms with Crippen LogP contribution in [0.25, 0.3) is 56.8 Å². The Morgan fingerprint density at radius 1 is 0.562 bits per heavy atom. The van der Waals surface area contributed by atoms with Gasteiger partial charge in [-0.1, -0.05) is 30.3 Å². The van der Waals surface area contributed by atoms with Crippen LogP contribution in [0.5, 0.6) is 17.2 Å². The lowest BCUT2D eigenvalue weighted by Crippen LogP contribution is -2.42. The van der Waals surface area contributed by atoms with Gasteiger partial charge in [-0.3, -0.25) is 9.48 Å². The summed E-state index contributed by atoms with van der Waals surface area (Å²) in [4.78, 5) is 58.2. The highest BCUT2D eigenvalue weighted by Gasteiger charge is 2.31. The molecule has 0 bridgehead atoms. The van der Waals surface area contributed by atoms with Gasteiger partial charge in [0.1, 0.15) is 90.0 Å². The Labute approximate surface area is 614 Å². The SMILES string of the molecule is CNCC(O)COc1cccc(-c2nc(-c3c(C)nn(Cc4ccc(OCC(O)CNC)cc4-c4nc(-c5cn(C)c(CCN(c6cc(C(=O)NC7CCOCC7)nc(-c7cccc(OCC(O)CNC)c7)n6)C6CCOCC6)n5)cc(N(C)C5CCOCC5)n4)c3C)cc(N(C)C3CCOCC3)n2)c1. The first kappa shape index (κ1) is 75.9. The molecule has 8 aromatic rings. The molecule has 3 atom stereocenters. The van der Waals surface area contributed by atoms with Crippen LogP contribution in [0.1, 0.15) is 84.6 Å². The molecule has 105 heavy (non-hydrogen) atoms. The van der Waals surface area contributed by atoms with Crippen LogP contribution < -0.4 is 50.2 Å². The molecular weight excluding hydrogens is 1340 g/mol. The number of nitrogens with zero attached hydrogens (tertiary/aromatic N) is 13. The molecule has 28 heteroatoms. The molecule has 28 nitrogen and oxygen atoms in total. The van der Waals surface area contributed by atoms with Gasteiger partial charge in [0.25, 0.3) is 5.91 Å². The summed E-state index contributed by atoms with van der Waals surface area (Å²) in [6, 6.07) is 27.1. The number of imidazole rings is 1. The quantitative estimate of drug-likeness (QED) is 0.0240. The van der Waals surface area contributed by atoms with Gasteiger partial charge < -0.3 is 89.0 Å². The number of rotatable bonds is 33. The Morgan fingerprint density at radius 3 is 1.62 bits per heavy atom. The summed E-state index contributed by atoms with van der Waals surface area (Å²) in [5.74, 6) is 5.55.